The zero-order valence-electron chi connectivity index (χ0n) is 12.9. The molecule has 1 fully saturated rings. The predicted molar refractivity (Wildman–Crippen MR) is 80.0 cm³/mol. The first-order chi connectivity index (χ1) is 9.06. The van der Waals surface area contributed by atoms with Crippen molar-refractivity contribution < 1.29 is 4.79 Å². The Morgan fingerprint density at radius 2 is 2.00 bits per heavy atom. The van der Waals surface area contributed by atoms with E-state index in [1.54, 1.807) is 0 Å². The molecule has 0 aromatic carbocycles. The second kappa shape index (κ2) is 8.54. The molecule has 2 N–H and O–H groups in total. The van der Waals surface area contributed by atoms with E-state index in [1.807, 2.05) is 11.9 Å². The molecule has 1 aliphatic rings. The van der Waals surface area contributed by atoms with Gasteiger partial charge in [0.1, 0.15) is 0 Å². The molecular weight excluding hydrogens is 238 g/mol. The van der Waals surface area contributed by atoms with E-state index in [4.69, 9.17) is 5.73 Å². The second-order valence-corrected chi connectivity index (χ2v) is 5.97. The number of nitrogens with zero attached hydrogens (tertiary/aromatic N) is 2. The maximum Gasteiger partial charge on any atom is 0.222 e. The number of nitrogens with two attached hydrogens (primary N) is 1. The molecule has 1 amide bonds. The van der Waals surface area contributed by atoms with Crippen LogP contribution in [-0.2, 0) is 4.79 Å². The molecule has 0 spiro atoms. The van der Waals surface area contributed by atoms with Crippen LogP contribution in [-0.4, -0.2) is 55.0 Å². The molecule has 4 nitrogen and oxygen atoms in total. The topological polar surface area (TPSA) is 49.6 Å². The van der Waals surface area contributed by atoms with Crippen LogP contribution in [0.15, 0.2) is 0 Å². The molecule has 1 aliphatic heterocycles. The van der Waals surface area contributed by atoms with Gasteiger partial charge in [-0.15, -0.1) is 0 Å². The SMILES string of the molecule is CC1CC(N(C)C(=O)CCCCCCN)CCN1C. The molecule has 19 heavy (non-hydrogen) atoms. The lowest BCUT2D eigenvalue weighted by Gasteiger charge is -2.39. The van der Waals surface area contributed by atoms with Gasteiger partial charge in [-0.25, -0.2) is 0 Å². The molecule has 0 saturated carbocycles. The van der Waals surface area contributed by atoms with Gasteiger partial charge >= 0.3 is 0 Å². The van der Waals surface area contributed by atoms with Crippen molar-refractivity contribution in [1.29, 1.82) is 0 Å². The fourth-order valence-electron chi connectivity index (χ4n) is 2.77. The molecule has 2 unspecified atom stereocenters. The molecule has 4 heteroatoms. The van der Waals surface area contributed by atoms with Crippen molar-refractivity contribution in [2.45, 2.75) is 64.0 Å². The van der Waals surface area contributed by atoms with E-state index in [0.29, 0.717) is 24.4 Å². The first kappa shape index (κ1) is 16.4. The van der Waals surface area contributed by atoms with Gasteiger partial charge < -0.3 is 15.5 Å². The summed E-state index contributed by atoms with van der Waals surface area (Å²) in [5.41, 5.74) is 5.46. The highest BCUT2D eigenvalue weighted by Crippen LogP contribution is 2.20. The quantitative estimate of drug-likeness (QED) is 0.717. The average Bonchev–Trinajstić information content (AvgIpc) is 2.40. The van der Waals surface area contributed by atoms with Gasteiger partial charge in [0.15, 0.2) is 0 Å². The fourth-order valence-corrected chi connectivity index (χ4v) is 2.77. The van der Waals surface area contributed by atoms with E-state index in [1.165, 1.54) is 0 Å². The normalized spacial score (nSPS) is 24.4. The molecule has 1 saturated heterocycles. The number of hydrogen-bond donors (Lipinski definition) is 1. The Hall–Kier alpha value is -0.610. The van der Waals surface area contributed by atoms with Crippen LogP contribution in [0.3, 0.4) is 0 Å². The van der Waals surface area contributed by atoms with Crippen molar-refractivity contribution in [2.24, 2.45) is 5.73 Å². The average molecular weight is 269 g/mol. The minimum atomic E-state index is 0.314. The predicted octanol–water partition coefficient (Wildman–Crippen LogP) is 1.84. The lowest BCUT2D eigenvalue weighted by Crippen LogP contribution is -2.48. The van der Waals surface area contributed by atoms with E-state index in [9.17, 15) is 4.79 Å². The van der Waals surface area contributed by atoms with Crippen molar-refractivity contribution in [3.8, 4) is 0 Å². The van der Waals surface area contributed by atoms with Gasteiger partial charge in [-0.05, 0) is 46.2 Å². The number of piperidine rings is 1. The Kier molecular flexibility index (Phi) is 7.39. The molecule has 1 heterocycles. The van der Waals surface area contributed by atoms with Crippen LogP contribution in [0.1, 0.15) is 51.9 Å². The summed E-state index contributed by atoms with van der Waals surface area (Å²) >= 11 is 0. The van der Waals surface area contributed by atoms with E-state index in [-0.39, 0.29) is 0 Å². The molecule has 2 atom stereocenters. The van der Waals surface area contributed by atoms with Gasteiger partial charge in [-0.3, -0.25) is 4.79 Å². The number of hydrogen-bond acceptors (Lipinski definition) is 3. The van der Waals surface area contributed by atoms with Crippen LogP contribution < -0.4 is 5.73 Å². The Bertz CT molecular complexity index is 270. The molecule has 1 rings (SSSR count). The minimum Gasteiger partial charge on any atom is -0.343 e. The van der Waals surface area contributed by atoms with Crippen molar-refractivity contribution in [1.82, 2.24) is 9.80 Å². The molecule has 0 radical (unpaired) electrons. The third-order valence-electron chi connectivity index (χ3n) is 4.47. The third-order valence-corrected chi connectivity index (χ3v) is 4.47. The zero-order valence-corrected chi connectivity index (χ0v) is 12.9. The van der Waals surface area contributed by atoms with Crippen LogP contribution in [0.2, 0.25) is 0 Å². The van der Waals surface area contributed by atoms with Crippen LogP contribution in [0.4, 0.5) is 0 Å². The summed E-state index contributed by atoms with van der Waals surface area (Å²) in [7, 11) is 4.14. The maximum absolute atomic E-state index is 12.2. The van der Waals surface area contributed by atoms with E-state index < -0.39 is 0 Å². The van der Waals surface area contributed by atoms with E-state index >= 15 is 0 Å². The Balaban J connectivity index is 2.24. The van der Waals surface area contributed by atoms with E-state index in [0.717, 1.165) is 51.6 Å². The van der Waals surface area contributed by atoms with Crippen molar-refractivity contribution in [3.05, 3.63) is 0 Å². The largest absolute Gasteiger partial charge is 0.343 e. The Labute approximate surface area is 118 Å². The lowest BCUT2D eigenvalue weighted by molar-refractivity contribution is -0.133. The summed E-state index contributed by atoms with van der Waals surface area (Å²) in [5.74, 6) is 0.314. The summed E-state index contributed by atoms with van der Waals surface area (Å²) in [6.45, 7) is 4.11. The fraction of sp³-hybridized carbons (Fsp3) is 0.933. The van der Waals surface area contributed by atoms with Gasteiger partial charge in [-0.1, -0.05) is 12.8 Å². The standard InChI is InChI=1S/C15H31N3O/c1-13-12-14(9-11-17(13)2)18(3)15(19)8-6-4-5-7-10-16/h13-14H,4-12,16H2,1-3H3. The molecule has 0 bridgehead atoms. The van der Waals surface area contributed by atoms with E-state index in [2.05, 4.69) is 18.9 Å². The zero-order chi connectivity index (χ0) is 14.3. The van der Waals surface area contributed by atoms with Gasteiger partial charge in [0.25, 0.3) is 0 Å². The third kappa shape index (κ3) is 5.49. The number of rotatable bonds is 7. The highest BCUT2D eigenvalue weighted by Gasteiger charge is 2.27. The summed E-state index contributed by atoms with van der Waals surface area (Å²) in [6, 6.07) is 1.02. The molecule has 0 aromatic heterocycles. The summed E-state index contributed by atoms with van der Waals surface area (Å²) < 4.78 is 0. The van der Waals surface area contributed by atoms with Crippen molar-refractivity contribution in [2.75, 3.05) is 27.2 Å². The highest BCUT2D eigenvalue weighted by molar-refractivity contribution is 5.76. The van der Waals surface area contributed by atoms with Crippen LogP contribution in [0.25, 0.3) is 0 Å². The van der Waals surface area contributed by atoms with Crippen molar-refractivity contribution >= 4 is 5.91 Å². The first-order valence-corrected chi connectivity index (χ1v) is 7.72. The lowest BCUT2D eigenvalue weighted by atomic mass is 9.97. The van der Waals surface area contributed by atoms with Gasteiger partial charge in [0.05, 0.1) is 0 Å². The number of carbonyl (C=O) groups excluding carboxylic acids is 1. The smallest absolute Gasteiger partial charge is 0.222 e. The number of unbranched alkanes of at least 4 members (excludes halogenated alkanes) is 3. The minimum absolute atomic E-state index is 0.314. The second-order valence-electron chi connectivity index (χ2n) is 5.97. The van der Waals surface area contributed by atoms with Gasteiger partial charge in [0, 0.05) is 32.1 Å². The Morgan fingerprint density at radius 3 is 2.63 bits per heavy atom. The molecule has 0 aliphatic carbocycles. The number of likely N-dealkylation sites (tertiary alicyclic amines) is 1. The Morgan fingerprint density at radius 1 is 1.32 bits per heavy atom. The first-order valence-electron chi connectivity index (χ1n) is 7.72. The van der Waals surface area contributed by atoms with Gasteiger partial charge in [0.2, 0.25) is 5.91 Å². The van der Waals surface area contributed by atoms with Gasteiger partial charge in [-0.2, -0.15) is 0 Å². The molecular formula is C15H31N3O. The molecule has 0 aromatic rings. The summed E-state index contributed by atoms with van der Waals surface area (Å²) in [6.07, 6.45) is 7.27. The van der Waals surface area contributed by atoms with Crippen molar-refractivity contribution in [3.63, 3.8) is 0 Å². The monoisotopic (exact) mass is 269 g/mol. The number of amides is 1. The summed E-state index contributed by atoms with van der Waals surface area (Å²) in [4.78, 5) is 16.5. The van der Waals surface area contributed by atoms with Crippen LogP contribution in [0, 0.1) is 0 Å². The highest BCUT2D eigenvalue weighted by atomic mass is 16.2. The molecule has 112 valence electrons. The summed E-state index contributed by atoms with van der Waals surface area (Å²) in [5, 5.41) is 0. The van der Waals surface area contributed by atoms with Crippen LogP contribution in [0.5, 0.6) is 0 Å². The maximum atomic E-state index is 12.2. The van der Waals surface area contributed by atoms with Crippen LogP contribution >= 0.6 is 0 Å². The number of carbonyl (C=O) groups is 1.